The molecular formula is C15H26N4O2. The predicted octanol–water partition coefficient (Wildman–Crippen LogP) is 2.98. The fraction of sp³-hybridized carbons (Fsp3) is 0.667. The zero-order chi connectivity index (χ0) is 16.6. The van der Waals surface area contributed by atoms with Crippen LogP contribution in [-0.2, 0) is 18.3 Å². The molecule has 1 N–H and O–H groups in total. The summed E-state index contributed by atoms with van der Waals surface area (Å²) in [5.74, 6) is 0.833. The fourth-order valence-corrected chi connectivity index (χ4v) is 1.19. The Morgan fingerprint density at radius 2 is 2.00 bits per heavy atom. The first-order chi connectivity index (χ1) is 9.55. The number of aromatic nitrogens is 2. The number of nitrogens with one attached hydrogen (secondary N) is 1. The van der Waals surface area contributed by atoms with E-state index in [4.69, 9.17) is 10.00 Å². The van der Waals surface area contributed by atoms with Gasteiger partial charge in [-0.2, -0.15) is 10.4 Å². The van der Waals surface area contributed by atoms with E-state index in [-0.39, 0.29) is 6.54 Å². The summed E-state index contributed by atoms with van der Waals surface area (Å²) in [4.78, 5) is 11.4. The van der Waals surface area contributed by atoms with Crippen molar-refractivity contribution < 1.29 is 9.53 Å². The monoisotopic (exact) mass is 294 g/mol. The van der Waals surface area contributed by atoms with Crippen molar-refractivity contribution in [3.05, 3.63) is 17.5 Å². The van der Waals surface area contributed by atoms with Gasteiger partial charge in [0.1, 0.15) is 17.4 Å². The van der Waals surface area contributed by atoms with Crippen molar-refractivity contribution in [2.24, 2.45) is 13.0 Å². The number of alkyl carbamates (subject to hydrolysis) is 1. The van der Waals surface area contributed by atoms with Crippen molar-refractivity contribution in [3.63, 3.8) is 0 Å². The quantitative estimate of drug-likeness (QED) is 0.909. The minimum Gasteiger partial charge on any atom is -0.444 e. The van der Waals surface area contributed by atoms with Crippen molar-refractivity contribution >= 4 is 6.09 Å². The van der Waals surface area contributed by atoms with E-state index in [1.54, 1.807) is 33.9 Å². The van der Waals surface area contributed by atoms with Crippen LogP contribution in [0.4, 0.5) is 4.79 Å². The second kappa shape index (κ2) is 8.30. The summed E-state index contributed by atoms with van der Waals surface area (Å²) < 4.78 is 6.54. The van der Waals surface area contributed by atoms with Crippen molar-refractivity contribution in [1.82, 2.24) is 15.1 Å². The van der Waals surface area contributed by atoms with E-state index in [0.29, 0.717) is 11.4 Å². The molecule has 0 bridgehead atoms. The minimum atomic E-state index is -0.522. The van der Waals surface area contributed by atoms with Crippen LogP contribution in [0.3, 0.4) is 0 Å². The molecule has 0 spiro atoms. The molecule has 0 radical (unpaired) electrons. The molecule has 0 atom stereocenters. The molecule has 1 rings (SSSR count). The first-order valence-corrected chi connectivity index (χ1v) is 6.95. The number of nitriles is 1. The predicted molar refractivity (Wildman–Crippen MR) is 81.5 cm³/mol. The first-order valence-electron chi connectivity index (χ1n) is 6.95. The molecule has 0 aliphatic heterocycles. The van der Waals surface area contributed by atoms with Gasteiger partial charge in [0.25, 0.3) is 0 Å². The second-order valence-electron chi connectivity index (χ2n) is 6.34. The van der Waals surface area contributed by atoms with Gasteiger partial charge in [0, 0.05) is 7.05 Å². The molecule has 0 fully saturated rings. The van der Waals surface area contributed by atoms with Crippen LogP contribution in [0.5, 0.6) is 0 Å². The van der Waals surface area contributed by atoms with Crippen LogP contribution in [0.1, 0.15) is 52.9 Å². The maximum Gasteiger partial charge on any atom is 0.407 e. The largest absolute Gasteiger partial charge is 0.444 e. The molecule has 0 unspecified atom stereocenters. The summed E-state index contributed by atoms with van der Waals surface area (Å²) in [5, 5.41) is 15.4. The van der Waals surface area contributed by atoms with E-state index in [1.165, 1.54) is 4.68 Å². The van der Waals surface area contributed by atoms with Gasteiger partial charge in [-0.3, -0.25) is 4.68 Å². The molecule has 6 heteroatoms. The highest BCUT2D eigenvalue weighted by Gasteiger charge is 2.16. The van der Waals surface area contributed by atoms with Crippen LogP contribution in [0.25, 0.3) is 0 Å². The standard InChI is InChI=1S/C11H16N4O2.C4H10/c1-11(2,3)17-10(16)13-7-8-5-9(6-12)15(4)14-8;1-4(2)3/h5H,7H2,1-4H3,(H,13,16);4H,1-3H3. The van der Waals surface area contributed by atoms with E-state index < -0.39 is 11.7 Å². The van der Waals surface area contributed by atoms with Crippen LogP contribution in [0, 0.1) is 17.2 Å². The minimum absolute atomic E-state index is 0.241. The summed E-state index contributed by atoms with van der Waals surface area (Å²) >= 11 is 0. The lowest BCUT2D eigenvalue weighted by Gasteiger charge is -2.19. The van der Waals surface area contributed by atoms with Crippen LogP contribution in [0.2, 0.25) is 0 Å². The molecule has 0 aliphatic rings. The van der Waals surface area contributed by atoms with Crippen molar-refractivity contribution in [2.45, 2.75) is 53.7 Å². The smallest absolute Gasteiger partial charge is 0.407 e. The second-order valence-corrected chi connectivity index (χ2v) is 6.34. The van der Waals surface area contributed by atoms with Crippen LogP contribution in [-0.4, -0.2) is 21.5 Å². The molecule has 0 saturated carbocycles. The summed E-state index contributed by atoms with van der Waals surface area (Å²) in [5.41, 5.74) is 0.548. The number of hydrogen-bond donors (Lipinski definition) is 1. The summed E-state index contributed by atoms with van der Waals surface area (Å²) in [6, 6.07) is 3.62. The molecule has 1 aromatic heterocycles. The first kappa shape index (κ1) is 19.0. The van der Waals surface area contributed by atoms with Gasteiger partial charge in [-0.1, -0.05) is 20.8 Å². The lowest BCUT2D eigenvalue weighted by Crippen LogP contribution is -2.32. The molecule has 6 nitrogen and oxygen atoms in total. The van der Waals surface area contributed by atoms with E-state index >= 15 is 0 Å². The maximum atomic E-state index is 11.4. The Labute approximate surface area is 127 Å². The number of carbonyl (C=O) groups is 1. The Morgan fingerprint density at radius 1 is 1.48 bits per heavy atom. The maximum absolute atomic E-state index is 11.4. The van der Waals surface area contributed by atoms with Crippen molar-refractivity contribution in [2.75, 3.05) is 0 Å². The Balaban J connectivity index is 0.000000885. The normalized spacial score (nSPS) is 10.4. The average Bonchev–Trinajstić information content (AvgIpc) is 2.64. The average molecular weight is 294 g/mol. The van der Waals surface area contributed by atoms with Gasteiger partial charge >= 0.3 is 6.09 Å². The topological polar surface area (TPSA) is 79.9 Å². The third-order valence-corrected chi connectivity index (χ3v) is 1.86. The van der Waals surface area contributed by atoms with Gasteiger partial charge in [-0.15, -0.1) is 0 Å². The Kier molecular flexibility index (Phi) is 7.50. The molecule has 0 saturated heterocycles. The number of rotatable bonds is 2. The zero-order valence-corrected chi connectivity index (χ0v) is 14.0. The lowest BCUT2D eigenvalue weighted by atomic mass is 10.2. The molecule has 1 heterocycles. The Morgan fingerprint density at radius 3 is 2.38 bits per heavy atom. The molecule has 118 valence electrons. The number of nitrogens with zero attached hydrogens (tertiary/aromatic N) is 3. The van der Waals surface area contributed by atoms with Crippen LogP contribution >= 0.6 is 0 Å². The van der Waals surface area contributed by atoms with Gasteiger partial charge in [0.15, 0.2) is 0 Å². The third-order valence-electron chi connectivity index (χ3n) is 1.86. The number of aryl methyl sites for hydroxylation is 1. The zero-order valence-electron chi connectivity index (χ0n) is 14.0. The number of amides is 1. The van der Waals surface area contributed by atoms with E-state index in [2.05, 4.69) is 31.2 Å². The fourth-order valence-electron chi connectivity index (χ4n) is 1.19. The highest BCUT2D eigenvalue weighted by Crippen LogP contribution is 2.07. The summed E-state index contributed by atoms with van der Waals surface area (Å²) in [6.45, 7) is 12.1. The van der Waals surface area contributed by atoms with Gasteiger partial charge in [0.05, 0.1) is 12.2 Å². The molecular weight excluding hydrogens is 268 g/mol. The highest BCUT2D eigenvalue weighted by atomic mass is 16.6. The summed E-state index contributed by atoms with van der Waals surface area (Å²) in [6.07, 6.45) is -0.498. The van der Waals surface area contributed by atoms with Crippen LogP contribution in [0.15, 0.2) is 6.07 Å². The summed E-state index contributed by atoms with van der Waals surface area (Å²) in [7, 11) is 1.68. The van der Waals surface area contributed by atoms with Crippen molar-refractivity contribution in [1.29, 1.82) is 5.26 Å². The lowest BCUT2D eigenvalue weighted by molar-refractivity contribution is 0.0523. The number of carbonyl (C=O) groups excluding carboxylic acids is 1. The van der Waals surface area contributed by atoms with E-state index in [0.717, 1.165) is 5.92 Å². The Hall–Kier alpha value is -2.03. The molecule has 1 amide bonds. The molecule has 0 aliphatic carbocycles. The van der Waals surface area contributed by atoms with E-state index in [9.17, 15) is 4.79 Å². The van der Waals surface area contributed by atoms with Gasteiger partial charge < -0.3 is 10.1 Å². The SMILES string of the molecule is CC(C)C.Cn1nc(CNC(=O)OC(C)(C)C)cc1C#N. The third kappa shape index (κ3) is 9.50. The molecule has 0 aromatic carbocycles. The molecule has 21 heavy (non-hydrogen) atoms. The van der Waals surface area contributed by atoms with Crippen LogP contribution < -0.4 is 5.32 Å². The van der Waals surface area contributed by atoms with Gasteiger partial charge in [-0.05, 0) is 32.8 Å². The highest BCUT2D eigenvalue weighted by molar-refractivity contribution is 5.67. The van der Waals surface area contributed by atoms with Crippen molar-refractivity contribution in [3.8, 4) is 6.07 Å². The Bertz CT molecular complexity index is 490. The van der Waals surface area contributed by atoms with Gasteiger partial charge in [0.2, 0.25) is 0 Å². The number of ether oxygens (including phenoxy) is 1. The number of hydrogen-bond acceptors (Lipinski definition) is 4. The van der Waals surface area contributed by atoms with E-state index in [1.807, 2.05) is 6.07 Å². The molecule has 1 aromatic rings. The van der Waals surface area contributed by atoms with Gasteiger partial charge in [-0.25, -0.2) is 4.79 Å².